The van der Waals surface area contributed by atoms with Crippen LogP contribution in [0.15, 0.2) is 61.2 Å². The Morgan fingerprint density at radius 2 is 1.82 bits per heavy atom. The van der Waals surface area contributed by atoms with Crippen molar-refractivity contribution in [3.63, 3.8) is 0 Å². The smallest absolute Gasteiger partial charge is 0.159 e. The molecule has 0 saturated heterocycles. The number of aromatic amines is 1. The molecule has 5 nitrogen and oxygen atoms in total. The van der Waals surface area contributed by atoms with Crippen LogP contribution < -0.4 is 5.73 Å². The second-order valence-electron chi connectivity index (χ2n) is 6.15. The SMILES string of the molecule is N=C/C(=C\N)c1cnc2ccc(-c3[nH]cnc3-c3ccc(F)c(F)c3)cc2c1. The maximum absolute atomic E-state index is 13.6. The Kier molecular flexibility index (Phi) is 4.41. The van der Waals surface area contributed by atoms with Gasteiger partial charge in [0.25, 0.3) is 0 Å². The predicted octanol–water partition coefficient (Wildman–Crippen LogP) is 4.52. The highest BCUT2D eigenvalue weighted by atomic mass is 19.2. The Labute approximate surface area is 159 Å². The van der Waals surface area contributed by atoms with Crippen molar-refractivity contribution in [1.29, 1.82) is 5.41 Å². The van der Waals surface area contributed by atoms with E-state index in [2.05, 4.69) is 15.0 Å². The maximum Gasteiger partial charge on any atom is 0.159 e. The summed E-state index contributed by atoms with van der Waals surface area (Å²) in [6.07, 6.45) is 5.70. The predicted molar refractivity (Wildman–Crippen MR) is 106 cm³/mol. The zero-order valence-electron chi connectivity index (χ0n) is 14.6. The number of allylic oxidation sites excluding steroid dienone is 1. The summed E-state index contributed by atoms with van der Waals surface area (Å²) < 4.78 is 26.9. The number of nitrogens with zero attached hydrogens (tertiary/aromatic N) is 2. The number of benzene rings is 2. The summed E-state index contributed by atoms with van der Waals surface area (Å²) in [6.45, 7) is 0. The number of aromatic nitrogens is 3. The molecule has 0 aliphatic carbocycles. The molecule has 2 aromatic carbocycles. The standard InChI is InChI=1S/C21H15F2N5/c22-17-3-1-13(7-18(17)23)21-20(27-11-28-21)12-2-4-19-14(5-12)6-15(10-26-19)16(8-24)9-25/h1-11,24H,25H2,(H,27,28)/b16-9+,24-8?. The second kappa shape index (κ2) is 7.03. The minimum atomic E-state index is -0.924. The van der Waals surface area contributed by atoms with Crippen molar-refractivity contribution in [3.05, 3.63) is 78.4 Å². The van der Waals surface area contributed by atoms with Gasteiger partial charge in [-0.25, -0.2) is 13.8 Å². The lowest BCUT2D eigenvalue weighted by atomic mass is 10.0. The lowest BCUT2D eigenvalue weighted by Crippen LogP contribution is -1.93. The number of hydrogen-bond donors (Lipinski definition) is 3. The lowest BCUT2D eigenvalue weighted by Gasteiger charge is -2.07. The van der Waals surface area contributed by atoms with E-state index < -0.39 is 11.6 Å². The Morgan fingerprint density at radius 1 is 1.00 bits per heavy atom. The summed E-state index contributed by atoms with van der Waals surface area (Å²) in [7, 11) is 0. The number of imidazole rings is 1. The van der Waals surface area contributed by atoms with E-state index in [0.29, 0.717) is 22.5 Å². The van der Waals surface area contributed by atoms with Crippen molar-refractivity contribution in [2.45, 2.75) is 0 Å². The molecule has 138 valence electrons. The first-order chi connectivity index (χ1) is 13.6. The van der Waals surface area contributed by atoms with Crippen LogP contribution in [0.1, 0.15) is 5.56 Å². The lowest BCUT2D eigenvalue weighted by molar-refractivity contribution is 0.509. The number of rotatable bonds is 4. The van der Waals surface area contributed by atoms with E-state index in [-0.39, 0.29) is 0 Å². The van der Waals surface area contributed by atoms with Crippen molar-refractivity contribution in [3.8, 4) is 22.5 Å². The van der Waals surface area contributed by atoms with Crippen LogP contribution in [0.25, 0.3) is 39.0 Å². The molecule has 0 aliphatic rings. The highest BCUT2D eigenvalue weighted by molar-refractivity contribution is 6.09. The molecule has 2 aromatic heterocycles. The van der Waals surface area contributed by atoms with Gasteiger partial charge in [0.05, 0.1) is 23.2 Å². The van der Waals surface area contributed by atoms with Gasteiger partial charge in [-0.1, -0.05) is 6.07 Å². The van der Waals surface area contributed by atoms with Crippen molar-refractivity contribution >= 4 is 22.7 Å². The summed E-state index contributed by atoms with van der Waals surface area (Å²) in [6, 6.07) is 11.2. The van der Waals surface area contributed by atoms with Crippen LogP contribution in [0, 0.1) is 17.0 Å². The van der Waals surface area contributed by atoms with Crippen LogP contribution in [0.2, 0.25) is 0 Å². The van der Waals surface area contributed by atoms with Gasteiger partial charge >= 0.3 is 0 Å². The quantitative estimate of drug-likeness (QED) is 0.458. The van der Waals surface area contributed by atoms with Gasteiger partial charge in [0.1, 0.15) is 0 Å². The first kappa shape index (κ1) is 17.5. The van der Waals surface area contributed by atoms with Crippen LogP contribution >= 0.6 is 0 Å². The molecule has 7 heteroatoms. The largest absolute Gasteiger partial charge is 0.404 e. The summed E-state index contributed by atoms with van der Waals surface area (Å²) >= 11 is 0. The van der Waals surface area contributed by atoms with E-state index in [1.807, 2.05) is 24.3 Å². The van der Waals surface area contributed by atoms with E-state index in [0.717, 1.165) is 34.2 Å². The third-order valence-corrected chi connectivity index (χ3v) is 4.47. The molecular weight excluding hydrogens is 360 g/mol. The highest BCUT2D eigenvalue weighted by Crippen LogP contribution is 2.31. The second-order valence-corrected chi connectivity index (χ2v) is 6.15. The number of H-pyrrole nitrogens is 1. The average molecular weight is 375 g/mol. The summed E-state index contributed by atoms with van der Waals surface area (Å²) in [4.78, 5) is 11.7. The third-order valence-electron chi connectivity index (χ3n) is 4.47. The van der Waals surface area contributed by atoms with E-state index in [9.17, 15) is 8.78 Å². The average Bonchev–Trinajstić information content (AvgIpc) is 3.20. The summed E-state index contributed by atoms with van der Waals surface area (Å²) in [5, 5.41) is 8.29. The van der Waals surface area contributed by atoms with Crippen molar-refractivity contribution in [1.82, 2.24) is 15.0 Å². The third kappa shape index (κ3) is 3.03. The molecule has 0 radical (unpaired) electrons. The molecule has 0 fully saturated rings. The zero-order chi connectivity index (χ0) is 19.7. The maximum atomic E-state index is 13.6. The molecule has 0 spiro atoms. The fourth-order valence-corrected chi connectivity index (χ4v) is 3.05. The Balaban J connectivity index is 1.83. The zero-order valence-corrected chi connectivity index (χ0v) is 14.6. The fraction of sp³-hybridized carbons (Fsp3) is 0. The number of halogens is 2. The van der Waals surface area contributed by atoms with Gasteiger partial charge in [0, 0.05) is 46.3 Å². The van der Waals surface area contributed by atoms with E-state index in [1.54, 1.807) is 6.20 Å². The number of hydrogen-bond acceptors (Lipinski definition) is 4. The normalized spacial score (nSPS) is 11.7. The topological polar surface area (TPSA) is 91.4 Å². The minimum absolute atomic E-state index is 0.472. The van der Waals surface area contributed by atoms with E-state index in [4.69, 9.17) is 11.1 Å². The molecular formula is C21H15F2N5. The van der Waals surface area contributed by atoms with Gasteiger partial charge < -0.3 is 16.1 Å². The molecule has 4 rings (SSSR count). The molecule has 28 heavy (non-hydrogen) atoms. The van der Waals surface area contributed by atoms with Crippen molar-refractivity contribution in [2.75, 3.05) is 0 Å². The molecule has 0 amide bonds. The summed E-state index contributed by atoms with van der Waals surface area (Å²) in [5.41, 5.74) is 10.1. The number of nitrogens with two attached hydrogens (primary N) is 1. The van der Waals surface area contributed by atoms with Gasteiger partial charge in [-0.3, -0.25) is 4.98 Å². The van der Waals surface area contributed by atoms with Crippen LogP contribution in [0.4, 0.5) is 8.78 Å². The van der Waals surface area contributed by atoms with Gasteiger partial charge in [0.2, 0.25) is 0 Å². The van der Waals surface area contributed by atoms with Crippen LogP contribution in [-0.2, 0) is 0 Å². The first-order valence-electron chi connectivity index (χ1n) is 8.42. The van der Waals surface area contributed by atoms with Crippen molar-refractivity contribution in [2.24, 2.45) is 5.73 Å². The summed E-state index contributed by atoms with van der Waals surface area (Å²) in [5.74, 6) is -1.83. The number of nitrogens with one attached hydrogen (secondary N) is 2. The van der Waals surface area contributed by atoms with Crippen molar-refractivity contribution < 1.29 is 8.78 Å². The molecule has 0 unspecified atom stereocenters. The van der Waals surface area contributed by atoms with Crippen LogP contribution in [0.3, 0.4) is 0 Å². The highest BCUT2D eigenvalue weighted by Gasteiger charge is 2.13. The Morgan fingerprint density at radius 3 is 2.57 bits per heavy atom. The Bertz CT molecular complexity index is 1230. The van der Waals surface area contributed by atoms with Crippen LogP contribution in [-0.4, -0.2) is 21.2 Å². The minimum Gasteiger partial charge on any atom is -0.404 e. The first-order valence-corrected chi connectivity index (χ1v) is 8.42. The van der Waals surface area contributed by atoms with E-state index >= 15 is 0 Å². The number of fused-ring (bicyclic) bond motifs is 1. The molecule has 0 bridgehead atoms. The molecule has 2 heterocycles. The fourth-order valence-electron chi connectivity index (χ4n) is 3.05. The monoisotopic (exact) mass is 375 g/mol. The Hall–Kier alpha value is -3.87. The van der Waals surface area contributed by atoms with E-state index in [1.165, 1.54) is 24.8 Å². The van der Waals surface area contributed by atoms with Gasteiger partial charge in [-0.2, -0.15) is 0 Å². The molecule has 0 atom stereocenters. The van der Waals surface area contributed by atoms with Gasteiger partial charge in [-0.15, -0.1) is 0 Å². The molecule has 4 N–H and O–H groups in total. The number of pyridine rings is 1. The molecule has 0 aliphatic heterocycles. The van der Waals surface area contributed by atoms with Crippen LogP contribution in [0.5, 0.6) is 0 Å². The van der Waals surface area contributed by atoms with Gasteiger partial charge in [-0.05, 0) is 36.4 Å². The molecule has 4 aromatic rings. The molecule has 0 saturated carbocycles. The van der Waals surface area contributed by atoms with Gasteiger partial charge in [0.15, 0.2) is 11.6 Å².